The van der Waals surface area contributed by atoms with Gasteiger partial charge in [0.15, 0.2) is 0 Å². The van der Waals surface area contributed by atoms with Gasteiger partial charge in [0.2, 0.25) is 5.91 Å². The van der Waals surface area contributed by atoms with Gasteiger partial charge in [0.1, 0.15) is 0 Å². The number of para-hydroxylation sites is 1. The van der Waals surface area contributed by atoms with Crippen LogP contribution in [-0.2, 0) is 11.3 Å². The van der Waals surface area contributed by atoms with Gasteiger partial charge in [-0.1, -0.05) is 37.5 Å². The summed E-state index contributed by atoms with van der Waals surface area (Å²) in [4.78, 5) is 14.8. The molecule has 1 aliphatic carbocycles. The van der Waals surface area contributed by atoms with Gasteiger partial charge in [-0.05, 0) is 24.5 Å². The molecule has 0 spiro atoms. The third-order valence-electron chi connectivity index (χ3n) is 4.33. The van der Waals surface area contributed by atoms with E-state index in [0.29, 0.717) is 5.91 Å². The third kappa shape index (κ3) is 3.15. The maximum absolute atomic E-state index is 12.8. The van der Waals surface area contributed by atoms with Crippen molar-refractivity contribution >= 4 is 24.0 Å². The summed E-state index contributed by atoms with van der Waals surface area (Å²) in [7, 11) is 0. The van der Waals surface area contributed by atoms with Crippen molar-refractivity contribution in [1.82, 2.24) is 5.32 Å². The number of halogens is 1. The third-order valence-corrected chi connectivity index (χ3v) is 4.33. The molecule has 1 aromatic rings. The first-order valence-electron chi connectivity index (χ1n) is 7.46. The lowest BCUT2D eigenvalue weighted by molar-refractivity contribution is -0.123. The van der Waals surface area contributed by atoms with Crippen molar-refractivity contribution in [2.75, 3.05) is 18.0 Å². The molecule has 1 N–H and O–H groups in total. The number of nitrogens with one attached hydrogen (secondary N) is 1. The first-order valence-corrected chi connectivity index (χ1v) is 7.46. The Labute approximate surface area is 127 Å². The van der Waals surface area contributed by atoms with E-state index in [1.807, 2.05) is 11.0 Å². The lowest BCUT2D eigenvalue weighted by atomic mass is 9.88. The molecule has 1 fully saturated rings. The van der Waals surface area contributed by atoms with E-state index in [9.17, 15) is 4.79 Å². The van der Waals surface area contributed by atoms with Crippen molar-refractivity contribution in [2.45, 2.75) is 38.6 Å². The van der Waals surface area contributed by atoms with Crippen molar-refractivity contribution < 1.29 is 4.79 Å². The number of rotatable bonds is 1. The Morgan fingerprint density at radius 2 is 1.90 bits per heavy atom. The zero-order valence-electron chi connectivity index (χ0n) is 11.8. The van der Waals surface area contributed by atoms with Crippen LogP contribution in [0.5, 0.6) is 0 Å². The van der Waals surface area contributed by atoms with E-state index in [2.05, 4.69) is 23.5 Å². The van der Waals surface area contributed by atoms with Crippen LogP contribution in [0.4, 0.5) is 5.69 Å². The molecule has 1 aliphatic heterocycles. The number of amides is 1. The first-order chi connectivity index (χ1) is 9.36. The Bertz CT molecular complexity index is 458. The molecule has 2 aliphatic rings. The molecule has 1 amide bonds. The number of hydrogen-bond donors (Lipinski definition) is 1. The quantitative estimate of drug-likeness (QED) is 0.863. The standard InChI is InChI=1S/C16H22N2O.ClH/c19-16(13-6-2-1-3-7-13)18-11-10-17-12-14-8-4-5-9-15(14)18;/h4-5,8-9,13,17H,1-3,6-7,10-12H2;1H. The molecular formula is C16H23ClN2O. The van der Waals surface area contributed by atoms with Crippen LogP contribution < -0.4 is 10.2 Å². The first kappa shape index (κ1) is 15.3. The summed E-state index contributed by atoms with van der Waals surface area (Å²) in [6.07, 6.45) is 5.87. The summed E-state index contributed by atoms with van der Waals surface area (Å²) in [5.41, 5.74) is 2.35. The summed E-state index contributed by atoms with van der Waals surface area (Å²) in [6.45, 7) is 2.55. The molecule has 1 aromatic carbocycles. The fourth-order valence-electron chi connectivity index (χ4n) is 3.26. The minimum Gasteiger partial charge on any atom is -0.311 e. The van der Waals surface area contributed by atoms with Crippen LogP contribution in [0.1, 0.15) is 37.7 Å². The average Bonchev–Trinajstić information content (AvgIpc) is 2.70. The largest absolute Gasteiger partial charge is 0.311 e. The van der Waals surface area contributed by atoms with E-state index in [1.165, 1.54) is 24.8 Å². The van der Waals surface area contributed by atoms with Gasteiger partial charge >= 0.3 is 0 Å². The summed E-state index contributed by atoms with van der Waals surface area (Å²) in [5.74, 6) is 0.593. The number of carbonyl (C=O) groups excluding carboxylic acids is 1. The van der Waals surface area contributed by atoms with Crippen LogP contribution in [0.2, 0.25) is 0 Å². The van der Waals surface area contributed by atoms with Crippen molar-refractivity contribution in [3.63, 3.8) is 0 Å². The molecule has 1 saturated carbocycles. The van der Waals surface area contributed by atoms with E-state index in [4.69, 9.17) is 0 Å². The van der Waals surface area contributed by atoms with E-state index in [1.54, 1.807) is 0 Å². The smallest absolute Gasteiger partial charge is 0.230 e. The maximum Gasteiger partial charge on any atom is 0.230 e. The number of benzene rings is 1. The van der Waals surface area contributed by atoms with Crippen molar-refractivity contribution in [1.29, 1.82) is 0 Å². The Balaban J connectivity index is 0.00000147. The summed E-state index contributed by atoms with van der Waals surface area (Å²) in [6, 6.07) is 8.29. The molecule has 1 heterocycles. The number of carbonyl (C=O) groups is 1. The molecule has 0 saturated heterocycles. The molecule has 0 radical (unpaired) electrons. The predicted molar refractivity (Wildman–Crippen MR) is 84.3 cm³/mol. The molecule has 0 bridgehead atoms. The lowest BCUT2D eigenvalue weighted by Crippen LogP contribution is -2.39. The van der Waals surface area contributed by atoms with Crippen molar-refractivity contribution in [3.8, 4) is 0 Å². The molecule has 0 unspecified atom stereocenters. The summed E-state index contributed by atoms with van der Waals surface area (Å²) >= 11 is 0. The van der Waals surface area contributed by atoms with Crippen LogP contribution in [0, 0.1) is 5.92 Å². The number of fused-ring (bicyclic) bond motifs is 1. The van der Waals surface area contributed by atoms with E-state index >= 15 is 0 Å². The Morgan fingerprint density at radius 1 is 1.15 bits per heavy atom. The molecule has 0 atom stereocenters. The van der Waals surface area contributed by atoms with Crippen molar-refractivity contribution in [2.24, 2.45) is 5.92 Å². The van der Waals surface area contributed by atoms with E-state index in [0.717, 1.165) is 38.2 Å². The van der Waals surface area contributed by atoms with Crippen molar-refractivity contribution in [3.05, 3.63) is 29.8 Å². The minimum atomic E-state index is 0. The van der Waals surface area contributed by atoms with Gasteiger partial charge in [0.05, 0.1) is 0 Å². The van der Waals surface area contributed by atoms with E-state index in [-0.39, 0.29) is 18.3 Å². The molecule has 110 valence electrons. The second-order valence-corrected chi connectivity index (χ2v) is 5.63. The molecule has 4 heteroatoms. The van der Waals surface area contributed by atoms with Gasteiger partial charge in [0.25, 0.3) is 0 Å². The van der Waals surface area contributed by atoms with Crippen LogP contribution >= 0.6 is 12.4 Å². The zero-order chi connectivity index (χ0) is 13.1. The molecular weight excluding hydrogens is 272 g/mol. The Morgan fingerprint density at radius 3 is 2.70 bits per heavy atom. The highest BCUT2D eigenvalue weighted by atomic mass is 35.5. The summed E-state index contributed by atoms with van der Waals surface area (Å²) < 4.78 is 0. The molecule has 3 nitrogen and oxygen atoms in total. The van der Waals surface area contributed by atoms with Crippen LogP contribution in [0.25, 0.3) is 0 Å². The normalized spacial score (nSPS) is 19.7. The molecule has 3 rings (SSSR count). The fraction of sp³-hybridized carbons (Fsp3) is 0.562. The number of anilines is 1. The van der Waals surface area contributed by atoms with Gasteiger partial charge in [-0.15, -0.1) is 12.4 Å². The van der Waals surface area contributed by atoms with Crippen LogP contribution in [-0.4, -0.2) is 19.0 Å². The lowest BCUT2D eigenvalue weighted by Gasteiger charge is -2.29. The van der Waals surface area contributed by atoms with Gasteiger partial charge in [-0.3, -0.25) is 4.79 Å². The minimum absolute atomic E-state index is 0. The van der Waals surface area contributed by atoms with Crippen LogP contribution in [0.15, 0.2) is 24.3 Å². The SMILES string of the molecule is Cl.O=C(C1CCCCC1)N1CCNCc2ccccc21. The highest BCUT2D eigenvalue weighted by Crippen LogP contribution is 2.29. The second kappa shape index (κ2) is 7.09. The fourth-order valence-corrected chi connectivity index (χ4v) is 3.26. The highest BCUT2D eigenvalue weighted by molar-refractivity contribution is 5.96. The number of hydrogen-bond acceptors (Lipinski definition) is 2. The van der Waals surface area contributed by atoms with Crippen LogP contribution in [0.3, 0.4) is 0 Å². The monoisotopic (exact) mass is 294 g/mol. The predicted octanol–water partition coefficient (Wildman–Crippen LogP) is 3.12. The Kier molecular flexibility index (Phi) is 5.44. The molecule has 20 heavy (non-hydrogen) atoms. The van der Waals surface area contributed by atoms with Gasteiger partial charge in [-0.25, -0.2) is 0 Å². The second-order valence-electron chi connectivity index (χ2n) is 5.63. The maximum atomic E-state index is 12.8. The topological polar surface area (TPSA) is 32.3 Å². The zero-order valence-corrected chi connectivity index (χ0v) is 12.6. The molecule has 0 aromatic heterocycles. The van der Waals surface area contributed by atoms with E-state index < -0.39 is 0 Å². The van der Waals surface area contributed by atoms with Gasteiger partial charge < -0.3 is 10.2 Å². The van der Waals surface area contributed by atoms with Gasteiger partial charge in [-0.2, -0.15) is 0 Å². The highest BCUT2D eigenvalue weighted by Gasteiger charge is 2.28. The number of nitrogens with zero attached hydrogens (tertiary/aromatic N) is 1. The van der Waals surface area contributed by atoms with Gasteiger partial charge in [0, 0.05) is 31.2 Å². The average molecular weight is 295 g/mol. The summed E-state index contributed by atoms with van der Waals surface area (Å²) in [5, 5.41) is 3.40. The Hall–Kier alpha value is -1.06.